The zero-order valence-corrected chi connectivity index (χ0v) is 14.6. The number of rotatable bonds is 4. The lowest BCUT2D eigenvalue weighted by Gasteiger charge is -2.25. The van der Waals surface area contributed by atoms with Crippen molar-refractivity contribution in [3.63, 3.8) is 0 Å². The smallest absolute Gasteiger partial charge is 0.273 e. The van der Waals surface area contributed by atoms with Crippen LogP contribution in [0.15, 0.2) is 54.7 Å². The zero-order chi connectivity index (χ0) is 17.9. The van der Waals surface area contributed by atoms with E-state index in [4.69, 9.17) is 4.74 Å². The predicted octanol–water partition coefficient (Wildman–Crippen LogP) is 3.08. The van der Waals surface area contributed by atoms with E-state index < -0.39 is 0 Å². The summed E-state index contributed by atoms with van der Waals surface area (Å²) in [7, 11) is 1.62. The molecule has 4 rings (SSSR count). The number of nitrogens with zero attached hydrogens (tertiary/aromatic N) is 3. The molecule has 0 unspecified atom stereocenters. The van der Waals surface area contributed by atoms with Crippen molar-refractivity contribution in [3.8, 4) is 11.4 Å². The van der Waals surface area contributed by atoms with Crippen LogP contribution in [0.1, 0.15) is 40.5 Å². The van der Waals surface area contributed by atoms with Crippen molar-refractivity contribution in [2.24, 2.45) is 0 Å². The molecular formula is C20H20N4O2. The number of hydrogen-bond acceptors (Lipinski definition) is 4. The first-order chi connectivity index (χ1) is 12.7. The number of methoxy groups -OCH3 is 1. The van der Waals surface area contributed by atoms with Gasteiger partial charge in [-0.05, 0) is 54.7 Å². The molecule has 1 amide bonds. The van der Waals surface area contributed by atoms with Gasteiger partial charge in [0.25, 0.3) is 5.91 Å². The molecule has 26 heavy (non-hydrogen) atoms. The molecule has 0 bridgehead atoms. The van der Waals surface area contributed by atoms with Gasteiger partial charge in [-0.25, -0.2) is 4.68 Å². The molecule has 0 aliphatic heterocycles. The second-order valence-electron chi connectivity index (χ2n) is 6.36. The Bertz CT molecular complexity index is 918. The quantitative estimate of drug-likeness (QED) is 0.787. The number of aryl methyl sites for hydroxylation is 1. The lowest BCUT2D eigenvalue weighted by atomic mass is 9.88. The summed E-state index contributed by atoms with van der Waals surface area (Å²) in [5.41, 5.74) is 3.64. The third kappa shape index (κ3) is 3.18. The molecule has 0 radical (unpaired) electrons. The number of carbonyl (C=O) groups excluding carboxylic acids is 1. The Kier molecular flexibility index (Phi) is 4.39. The molecule has 2 aromatic carbocycles. The average molecular weight is 348 g/mol. The average Bonchev–Trinajstić information content (AvgIpc) is 3.19. The summed E-state index contributed by atoms with van der Waals surface area (Å²) in [5.74, 6) is 0.564. The predicted molar refractivity (Wildman–Crippen MR) is 97.5 cm³/mol. The molecule has 6 nitrogen and oxygen atoms in total. The second-order valence-corrected chi connectivity index (χ2v) is 6.36. The van der Waals surface area contributed by atoms with Gasteiger partial charge in [0.15, 0.2) is 5.69 Å². The molecule has 1 aliphatic carbocycles. The number of ether oxygens (including phenoxy) is 1. The summed E-state index contributed by atoms with van der Waals surface area (Å²) < 4.78 is 6.74. The van der Waals surface area contributed by atoms with Crippen molar-refractivity contribution in [2.45, 2.75) is 25.3 Å². The van der Waals surface area contributed by atoms with Crippen molar-refractivity contribution in [1.82, 2.24) is 20.3 Å². The first kappa shape index (κ1) is 16.3. The largest absolute Gasteiger partial charge is 0.497 e. The number of hydrogen-bond donors (Lipinski definition) is 1. The number of fused-ring (bicyclic) bond motifs is 1. The van der Waals surface area contributed by atoms with E-state index in [9.17, 15) is 4.79 Å². The maximum absolute atomic E-state index is 12.6. The van der Waals surface area contributed by atoms with E-state index in [1.54, 1.807) is 18.0 Å². The molecule has 3 aromatic rings. The minimum absolute atomic E-state index is 0.0265. The number of benzene rings is 2. The highest BCUT2D eigenvalue weighted by Crippen LogP contribution is 2.29. The van der Waals surface area contributed by atoms with Crippen LogP contribution < -0.4 is 10.1 Å². The first-order valence-electron chi connectivity index (χ1n) is 8.70. The number of carbonyl (C=O) groups is 1. The standard InChI is InChI=1S/C20H20N4O2/c1-26-16-11-9-15(10-12-16)24-13-19(22-23-24)20(25)21-18-8-4-6-14-5-2-3-7-17(14)18/h2-3,5,7,9-13,18H,4,6,8H2,1H3,(H,21,25)/t18-/m1/s1. The van der Waals surface area contributed by atoms with Gasteiger partial charge in [0.05, 0.1) is 25.0 Å². The molecule has 1 heterocycles. The number of amides is 1. The monoisotopic (exact) mass is 348 g/mol. The summed E-state index contributed by atoms with van der Waals surface area (Å²) in [6, 6.07) is 15.7. The van der Waals surface area contributed by atoms with Crippen LogP contribution in [-0.2, 0) is 6.42 Å². The number of nitrogens with one attached hydrogen (secondary N) is 1. The van der Waals surface area contributed by atoms with Gasteiger partial charge in [0.2, 0.25) is 0 Å². The highest BCUT2D eigenvalue weighted by molar-refractivity contribution is 5.92. The molecule has 132 valence electrons. The third-order valence-electron chi connectivity index (χ3n) is 4.74. The van der Waals surface area contributed by atoms with E-state index in [1.807, 2.05) is 36.4 Å². The highest BCUT2D eigenvalue weighted by atomic mass is 16.5. The van der Waals surface area contributed by atoms with Crippen molar-refractivity contribution >= 4 is 5.91 Å². The van der Waals surface area contributed by atoms with Crippen LogP contribution in [0.4, 0.5) is 0 Å². The van der Waals surface area contributed by atoms with Gasteiger partial charge < -0.3 is 10.1 Å². The van der Waals surface area contributed by atoms with Crippen LogP contribution in [0.5, 0.6) is 5.75 Å². The van der Waals surface area contributed by atoms with Crippen molar-refractivity contribution in [1.29, 1.82) is 0 Å². The van der Waals surface area contributed by atoms with Gasteiger partial charge in [0, 0.05) is 0 Å². The van der Waals surface area contributed by atoms with E-state index in [0.29, 0.717) is 5.69 Å². The topological polar surface area (TPSA) is 69.0 Å². The Balaban J connectivity index is 1.50. The maximum atomic E-state index is 12.6. The molecule has 0 spiro atoms. The van der Waals surface area contributed by atoms with Crippen molar-refractivity contribution < 1.29 is 9.53 Å². The Morgan fingerprint density at radius 1 is 1.19 bits per heavy atom. The van der Waals surface area contributed by atoms with E-state index in [-0.39, 0.29) is 11.9 Å². The minimum atomic E-state index is -0.202. The van der Waals surface area contributed by atoms with Crippen LogP contribution >= 0.6 is 0 Å². The van der Waals surface area contributed by atoms with E-state index in [1.165, 1.54) is 11.1 Å². The zero-order valence-electron chi connectivity index (χ0n) is 14.6. The number of aromatic nitrogens is 3. The van der Waals surface area contributed by atoms with Crippen LogP contribution in [0, 0.1) is 0 Å². The fraction of sp³-hybridized carbons (Fsp3) is 0.250. The SMILES string of the molecule is COc1ccc(-n2cc(C(=O)N[C@@H]3CCCc4ccccc43)nn2)cc1. The summed E-state index contributed by atoms with van der Waals surface area (Å²) in [6.07, 6.45) is 4.72. The second kappa shape index (κ2) is 7.00. The Morgan fingerprint density at radius 3 is 2.81 bits per heavy atom. The Hall–Kier alpha value is -3.15. The van der Waals surface area contributed by atoms with E-state index in [2.05, 4.69) is 27.8 Å². The van der Waals surface area contributed by atoms with Crippen LogP contribution in [-0.4, -0.2) is 28.0 Å². The molecule has 1 aromatic heterocycles. The van der Waals surface area contributed by atoms with Gasteiger partial charge in [0.1, 0.15) is 5.75 Å². The molecule has 1 atom stereocenters. The lowest BCUT2D eigenvalue weighted by molar-refractivity contribution is 0.0927. The normalized spacial score (nSPS) is 16.0. The van der Waals surface area contributed by atoms with Gasteiger partial charge in [-0.3, -0.25) is 4.79 Å². The van der Waals surface area contributed by atoms with Gasteiger partial charge in [-0.1, -0.05) is 29.5 Å². The van der Waals surface area contributed by atoms with Crippen LogP contribution in [0.2, 0.25) is 0 Å². The Morgan fingerprint density at radius 2 is 2.00 bits per heavy atom. The molecule has 6 heteroatoms. The fourth-order valence-electron chi connectivity index (χ4n) is 3.37. The molecule has 0 saturated heterocycles. The van der Waals surface area contributed by atoms with Gasteiger partial charge in [-0.2, -0.15) is 0 Å². The van der Waals surface area contributed by atoms with E-state index >= 15 is 0 Å². The van der Waals surface area contributed by atoms with Crippen LogP contribution in [0.25, 0.3) is 5.69 Å². The fourth-order valence-corrected chi connectivity index (χ4v) is 3.37. The Labute approximate surface area is 151 Å². The molecule has 0 fully saturated rings. The van der Waals surface area contributed by atoms with E-state index in [0.717, 1.165) is 30.7 Å². The molecular weight excluding hydrogens is 328 g/mol. The van der Waals surface area contributed by atoms with Gasteiger partial charge >= 0.3 is 0 Å². The lowest BCUT2D eigenvalue weighted by Crippen LogP contribution is -2.31. The molecule has 1 aliphatic rings. The van der Waals surface area contributed by atoms with Crippen molar-refractivity contribution in [3.05, 3.63) is 71.5 Å². The minimum Gasteiger partial charge on any atom is -0.497 e. The maximum Gasteiger partial charge on any atom is 0.273 e. The molecule has 0 saturated carbocycles. The summed E-state index contributed by atoms with van der Waals surface area (Å²) >= 11 is 0. The summed E-state index contributed by atoms with van der Waals surface area (Å²) in [6.45, 7) is 0. The highest BCUT2D eigenvalue weighted by Gasteiger charge is 2.23. The molecule has 1 N–H and O–H groups in total. The summed E-state index contributed by atoms with van der Waals surface area (Å²) in [4.78, 5) is 12.6. The summed E-state index contributed by atoms with van der Waals surface area (Å²) in [5, 5.41) is 11.2. The third-order valence-corrected chi connectivity index (χ3v) is 4.74. The first-order valence-corrected chi connectivity index (χ1v) is 8.70. The van der Waals surface area contributed by atoms with Gasteiger partial charge in [-0.15, -0.1) is 5.10 Å². The van der Waals surface area contributed by atoms with Crippen LogP contribution in [0.3, 0.4) is 0 Å². The van der Waals surface area contributed by atoms with Crippen molar-refractivity contribution in [2.75, 3.05) is 7.11 Å².